The molecule has 4 N–H and O–H groups in total. The first kappa shape index (κ1) is 22.6. The zero-order chi connectivity index (χ0) is 20.4. The molecule has 1 aromatic rings. The van der Waals surface area contributed by atoms with Crippen molar-refractivity contribution < 1.29 is 25.2 Å². The quantitative estimate of drug-likeness (QED) is 0.324. The molecule has 1 fully saturated rings. The van der Waals surface area contributed by atoms with Crippen molar-refractivity contribution in [3.05, 3.63) is 48.0 Å². The summed E-state index contributed by atoms with van der Waals surface area (Å²) in [4.78, 5) is 10.5. The fourth-order valence-electron chi connectivity index (χ4n) is 4.16. The van der Waals surface area contributed by atoms with Crippen molar-refractivity contribution >= 4 is 5.97 Å². The van der Waals surface area contributed by atoms with Crippen molar-refractivity contribution in [1.82, 2.24) is 0 Å². The summed E-state index contributed by atoms with van der Waals surface area (Å²) < 4.78 is 0. The van der Waals surface area contributed by atoms with E-state index in [0.29, 0.717) is 44.9 Å². The van der Waals surface area contributed by atoms with E-state index in [1.807, 2.05) is 30.4 Å². The lowest BCUT2D eigenvalue weighted by atomic mass is 9.85. The molecule has 0 aromatic heterocycles. The third-order valence-electron chi connectivity index (χ3n) is 5.80. The normalized spacial score (nSPS) is 26.0. The van der Waals surface area contributed by atoms with E-state index in [-0.39, 0.29) is 18.3 Å². The van der Waals surface area contributed by atoms with Gasteiger partial charge in [0, 0.05) is 6.42 Å². The van der Waals surface area contributed by atoms with Gasteiger partial charge in [0.25, 0.3) is 0 Å². The molecule has 2 rings (SSSR count). The highest BCUT2D eigenvalue weighted by molar-refractivity contribution is 5.66. The number of unbranched alkanes of at least 4 members (excludes halogenated alkanes) is 1. The minimum Gasteiger partial charge on any atom is -0.481 e. The predicted molar refractivity (Wildman–Crippen MR) is 109 cm³/mol. The molecule has 0 unspecified atom stereocenters. The van der Waals surface area contributed by atoms with Gasteiger partial charge in [0.1, 0.15) is 0 Å². The molecule has 0 saturated heterocycles. The van der Waals surface area contributed by atoms with E-state index in [2.05, 4.69) is 12.1 Å². The number of aryl methyl sites for hydroxylation is 1. The molecule has 5 nitrogen and oxygen atoms in total. The van der Waals surface area contributed by atoms with Crippen LogP contribution in [0.15, 0.2) is 42.5 Å². The van der Waals surface area contributed by atoms with Gasteiger partial charge in [-0.15, -0.1) is 0 Å². The van der Waals surface area contributed by atoms with Gasteiger partial charge in [-0.05, 0) is 68.8 Å². The van der Waals surface area contributed by atoms with Crippen LogP contribution in [-0.4, -0.2) is 44.7 Å². The van der Waals surface area contributed by atoms with Crippen LogP contribution in [0.4, 0.5) is 0 Å². The predicted octanol–water partition coefficient (Wildman–Crippen LogP) is 3.32. The summed E-state index contributed by atoms with van der Waals surface area (Å²) in [5.41, 5.74) is 1.21. The van der Waals surface area contributed by atoms with Crippen LogP contribution in [0.2, 0.25) is 0 Å². The van der Waals surface area contributed by atoms with Crippen LogP contribution in [0.25, 0.3) is 0 Å². The Bertz CT molecular complexity index is 600. The molecule has 0 aliphatic heterocycles. The van der Waals surface area contributed by atoms with Crippen LogP contribution in [0.1, 0.15) is 56.9 Å². The molecular weight excluding hydrogens is 356 g/mol. The summed E-state index contributed by atoms with van der Waals surface area (Å²) in [6.45, 7) is 0. The first-order valence-electron chi connectivity index (χ1n) is 10.4. The van der Waals surface area contributed by atoms with E-state index in [1.54, 1.807) is 0 Å². The largest absolute Gasteiger partial charge is 0.481 e. The maximum absolute atomic E-state index is 10.5. The monoisotopic (exact) mass is 390 g/mol. The molecule has 5 heteroatoms. The fraction of sp³-hybridized carbons (Fsp3) is 0.609. The van der Waals surface area contributed by atoms with Crippen molar-refractivity contribution in [1.29, 1.82) is 0 Å². The zero-order valence-corrected chi connectivity index (χ0v) is 16.5. The molecule has 0 heterocycles. The fourth-order valence-corrected chi connectivity index (χ4v) is 4.16. The molecule has 1 saturated carbocycles. The third-order valence-corrected chi connectivity index (χ3v) is 5.80. The number of carbonyl (C=O) groups is 1. The molecule has 0 spiro atoms. The number of allylic oxidation sites excluding steroid dienone is 2. The van der Waals surface area contributed by atoms with Gasteiger partial charge < -0.3 is 20.4 Å². The van der Waals surface area contributed by atoms with E-state index in [1.165, 1.54) is 5.56 Å². The van der Waals surface area contributed by atoms with Gasteiger partial charge in [-0.1, -0.05) is 42.5 Å². The molecule has 1 aliphatic carbocycles. The lowest BCUT2D eigenvalue weighted by molar-refractivity contribution is -0.137. The number of rotatable bonds is 12. The summed E-state index contributed by atoms with van der Waals surface area (Å²) in [6, 6.07) is 10.1. The third kappa shape index (κ3) is 7.74. The Morgan fingerprint density at radius 2 is 1.79 bits per heavy atom. The highest BCUT2D eigenvalue weighted by Gasteiger charge is 2.40. The van der Waals surface area contributed by atoms with Gasteiger partial charge in [0.2, 0.25) is 0 Å². The lowest BCUT2D eigenvalue weighted by Crippen LogP contribution is -2.23. The minimum atomic E-state index is -0.784. The average molecular weight is 391 g/mol. The number of benzene rings is 1. The second-order valence-corrected chi connectivity index (χ2v) is 7.95. The number of aliphatic hydroxyl groups excluding tert-OH is 3. The highest BCUT2D eigenvalue weighted by atomic mass is 16.4. The number of hydrogen-bond acceptors (Lipinski definition) is 4. The molecule has 0 bridgehead atoms. The number of aliphatic carboxylic acids is 1. The van der Waals surface area contributed by atoms with Crippen molar-refractivity contribution in [2.75, 3.05) is 0 Å². The Hall–Kier alpha value is -1.69. The molecule has 28 heavy (non-hydrogen) atoms. The van der Waals surface area contributed by atoms with Gasteiger partial charge in [0.15, 0.2) is 0 Å². The maximum atomic E-state index is 10.5. The molecular formula is C23H34O5. The van der Waals surface area contributed by atoms with E-state index < -0.39 is 24.3 Å². The Kier molecular flexibility index (Phi) is 9.68. The summed E-state index contributed by atoms with van der Waals surface area (Å²) in [5, 5.41) is 39.6. The minimum absolute atomic E-state index is 0.00736. The van der Waals surface area contributed by atoms with Crippen molar-refractivity contribution in [2.24, 2.45) is 11.8 Å². The number of aliphatic hydroxyl groups is 3. The van der Waals surface area contributed by atoms with E-state index in [4.69, 9.17) is 5.11 Å². The van der Waals surface area contributed by atoms with Crippen LogP contribution in [0.3, 0.4) is 0 Å². The summed E-state index contributed by atoms with van der Waals surface area (Å²) >= 11 is 0. The van der Waals surface area contributed by atoms with Crippen LogP contribution < -0.4 is 0 Å². The zero-order valence-electron chi connectivity index (χ0n) is 16.5. The second-order valence-electron chi connectivity index (χ2n) is 7.95. The topological polar surface area (TPSA) is 98.0 Å². The van der Waals surface area contributed by atoms with Crippen molar-refractivity contribution in [2.45, 2.75) is 76.1 Å². The van der Waals surface area contributed by atoms with Gasteiger partial charge in [-0.25, -0.2) is 0 Å². The Morgan fingerprint density at radius 3 is 2.50 bits per heavy atom. The first-order valence-corrected chi connectivity index (χ1v) is 10.4. The lowest BCUT2D eigenvalue weighted by Gasteiger charge is -2.23. The summed E-state index contributed by atoms with van der Waals surface area (Å²) in [5.74, 6) is -0.800. The van der Waals surface area contributed by atoms with E-state index in [9.17, 15) is 20.1 Å². The van der Waals surface area contributed by atoms with E-state index in [0.717, 1.165) is 6.42 Å². The molecule has 0 radical (unpaired) electrons. The molecule has 0 amide bonds. The number of carboxylic acids is 1. The molecule has 156 valence electrons. The molecule has 1 aromatic carbocycles. The van der Waals surface area contributed by atoms with Gasteiger partial charge >= 0.3 is 5.97 Å². The van der Waals surface area contributed by atoms with E-state index >= 15 is 0 Å². The SMILES string of the molecule is O=C(O)CCCC=CC[C@@H]1[C@@H](CC[C@@H](O)CCc2ccccc2)[C@H](O)C[C@H]1O. The van der Waals surface area contributed by atoms with Crippen LogP contribution in [-0.2, 0) is 11.2 Å². The van der Waals surface area contributed by atoms with Crippen LogP contribution in [0.5, 0.6) is 0 Å². The smallest absolute Gasteiger partial charge is 0.303 e. The standard InChI is InChI=1S/C23H34O5/c24-18(13-12-17-8-4-3-5-9-17)14-15-20-19(21(25)16-22(20)26)10-6-1-2-7-11-23(27)28/h1,3-6,8-9,18-22,24-26H,2,7,10-16H2,(H,27,28)/t18-,19+,20+,21+,22+/m0/s1. The van der Waals surface area contributed by atoms with Crippen LogP contribution in [0, 0.1) is 11.8 Å². The first-order chi connectivity index (χ1) is 13.5. The number of hydrogen-bond donors (Lipinski definition) is 4. The van der Waals surface area contributed by atoms with Gasteiger partial charge in [-0.3, -0.25) is 4.79 Å². The Morgan fingerprint density at radius 1 is 1.07 bits per heavy atom. The van der Waals surface area contributed by atoms with Gasteiger partial charge in [0.05, 0.1) is 18.3 Å². The maximum Gasteiger partial charge on any atom is 0.303 e. The molecule has 5 atom stereocenters. The van der Waals surface area contributed by atoms with Crippen molar-refractivity contribution in [3.63, 3.8) is 0 Å². The Balaban J connectivity index is 1.74. The molecule has 1 aliphatic rings. The van der Waals surface area contributed by atoms with Crippen LogP contribution >= 0.6 is 0 Å². The average Bonchev–Trinajstić information content (AvgIpc) is 2.94. The summed E-state index contributed by atoms with van der Waals surface area (Å²) in [6.07, 6.45) is 7.91. The summed E-state index contributed by atoms with van der Waals surface area (Å²) in [7, 11) is 0. The van der Waals surface area contributed by atoms with Gasteiger partial charge in [-0.2, -0.15) is 0 Å². The highest BCUT2D eigenvalue weighted by Crippen LogP contribution is 2.38. The number of carboxylic acid groups (broad SMARTS) is 1. The van der Waals surface area contributed by atoms with Crippen molar-refractivity contribution in [3.8, 4) is 0 Å². The Labute approximate surface area is 167 Å². The second kappa shape index (κ2) is 12.0.